The number of hydrogen-bond donors (Lipinski definition) is 0. The highest BCUT2D eigenvalue weighted by molar-refractivity contribution is 5.93. The minimum atomic E-state index is -2.74. The van der Waals surface area contributed by atoms with Crippen LogP contribution in [0.25, 0.3) is 0 Å². The first-order chi connectivity index (χ1) is 9.47. The van der Waals surface area contributed by atoms with Crippen molar-refractivity contribution in [1.82, 2.24) is 9.88 Å². The molecule has 0 aliphatic carbocycles. The molecule has 20 heavy (non-hydrogen) atoms. The Hall–Kier alpha value is -1.76. The highest BCUT2D eigenvalue weighted by Gasteiger charge is 2.26. The monoisotopic (exact) mass is 285 g/mol. The number of pyridine rings is 1. The Morgan fingerprint density at radius 1 is 1.50 bits per heavy atom. The fourth-order valence-electron chi connectivity index (χ4n) is 2.15. The van der Waals surface area contributed by atoms with E-state index in [0.717, 1.165) is 0 Å². The van der Waals surface area contributed by atoms with Gasteiger partial charge in [0.2, 0.25) is 0 Å². The number of nitrogens with zero attached hydrogens (tertiary/aromatic N) is 3. The lowest BCUT2D eigenvalue weighted by Crippen LogP contribution is -2.25. The predicted molar refractivity (Wildman–Crippen MR) is 70.0 cm³/mol. The molecule has 1 aliphatic rings. The Kier molecular flexibility index (Phi) is 4.49. The summed E-state index contributed by atoms with van der Waals surface area (Å²) < 4.78 is 28.8. The molecule has 0 N–H and O–H groups in total. The lowest BCUT2D eigenvalue weighted by Gasteiger charge is -2.18. The first-order valence-electron chi connectivity index (χ1n) is 6.33. The highest BCUT2D eigenvalue weighted by Crippen LogP contribution is 2.21. The van der Waals surface area contributed by atoms with Crippen LogP contribution in [0.15, 0.2) is 18.3 Å². The molecule has 1 aromatic heterocycles. The molecule has 0 radical (unpaired) electrons. The Labute approximate surface area is 116 Å². The third-order valence-corrected chi connectivity index (χ3v) is 3.17. The summed E-state index contributed by atoms with van der Waals surface area (Å²) in [7, 11) is 3.34. The van der Waals surface area contributed by atoms with Gasteiger partial charge in [-0.3, -0.25) is 4.79 Å². The third kappa shape index (κ3) is 3.41. The van der Waals surface area contributed by atoms with E-state index >= 15 is 0 Å². The summed E-state index contributed by atoms with van der Waals surface area (Å²) >= 11 is 0. The van der Waals surface area contributed by atoms with Gasteiger partial charge in [0.05, 0.1) is 11.7 Å². The third-order valence-electron chi connectivity index (χ3n) is 3.17. The first kappa shape index (κ1) is 14.6. The molecule has 1 atom stereocenters. The SMILES string of the molecule is CN(C)C(=O)c1ccc(N2CC[C@H](OC(F)F)C2)nc1. The van der Waals surface area contributed by atoms with Gasteiger partial charge in [0.1, 0.15) is 5.82 Å². The van der Waals surface area contributed by atoms with Crippen LogP contribution in [-0.2, 0) is 4.74 Å². The van der Waals surface area contributed by atoms with Gasteiger partial charge in [0.15, 0.2) is 0 Å². The molecule has 1 fully saturated rings. The standard InChI is InChI=1S/C13H17F2N3O2/c1-17(2)12(19)9-3-4-11(16-7-9)18-6-5-10(8-18)20-13(14)15/h3-4,7,10,13H,5-6,8H2,1-2H3/t10-/m0/s1. The minimum absolute atomic E-state index is 0.121. The Bertz CT molecular complexity index is 465. The smallest absolute Gasteiger partial charge is 0.345 e. The van der Waals surface area contributed by atoms with E-state index in [4.69, 9.17) is 0 Å². The lowest BCUT2D eigenvalue weighted by atomic mass is 10.2. The van der Waals surface area contributed by atoms with Crippen LogP contribution in [0.2, 0.25) is 0 Å². The van der Waals surface area contributed by atoms with E-state index in [1.54, 1.807) is 26.2 Å². The van der Waals surface area contributed by atoms with Crippen LogP contribution >= 0.6 is 0 Å². The molecule has 0 unspecified atom stereocenters. The number of amides is 1. The summed E-state index contributed by atoms with van der Waals surface area (Å²) in [6.07, 6.45) is 1.57. The molecule has 2 rings (SSSR count). The zero-order valence-electron chi connectivity index (χ0n) is 11.4. The zero-order chi connectivity index (χ0) is 14.7. The van der Waals surface area contributed by atoms with Gasteiger partial charge in [-0.15, -0.1) is 0 Å². The maximum Gasteiger partial charge on any atom is 0.345 e. The summed E-state index contributed by atoms with van der Waals surface area (Å²) in [5.74, 6) is 0.546. The van der Waals surface area contributed by atoms with Crippen molar-refractivity contribution < 1.29 is 18.3 Å². The van der Waals surface area contributed by atoms with Gasteiger partial charge >= 0.3 is 6.61 Å². The molecule has 0 aromatic carbocycles. The molecule has 1 aromatic rings. The molecule has 0 spiro atoms. The van der Waals surface area contributed by atoms with E-state index in [9.17, 15) is 13.6 Å². The van der Waals surface area contributed by atoms with Crippen molar-refractivity contribution >= 4 is 11.7 Å². The molecule has 2 heterocycles. The maximum atomic E-state index is 12.1. The number of anilines is 1. The van der Waals surface area contributed by atoms with Crippen LogP contribution in [0.1, 0.15) is 16.8 Å². The second-order valence-electron chi connectivity index (χ2n) is 4.86. The van der Waals surface area contributed by atoms with E-state index in [2.05, 4.69) is 9.72 Å². The number of alkyl halides is 2. The number of ether oxygens (including phenoxy) is 1. The Morgan fingerprint density at radius 2 is 2.25 bits per heavy atom. The first-order valence-corrected chi connectivity index (χ1v) is 6.33. The molecule has 110 valence electrons. The van der Waals surface area contributed by atoms with Gasteiger partial charge in [-0.2, -0.15) is 8.78 Å². The molecule has 5 nitrogen and oxygen atoms in total. The van der Waals surface area contributed by atoms with Gasteiger partial charge in [0, 0.05) is 33.4 Å². The fourth-order valence-corrected chi connectivity index (χ4v) is 2.15. The quantitative estimate of drug-likeness (QED) is 0.843. The van der Waals surface area contributed by atoms with Crippen molar-refractivity contribution in [2.75, 3.05) is 32.1 Å². The molecular formula is C13H17F2N3O2. The van der Waals surface area contributed by atoms with Crippen LogP contribution in [0.3, 0.4) is 0 Å². The van der Waals surface area contributed by atoms with Crippen molar-refractivity contribution in [2.45, 2.75) is 19.1 Å². The Morgan fingerprint density at radius 3 is 2.80 bits per heavy atom. The topological polar surface area (TPSA) is 45.7 Å². The summed E-state index contributed by atoms with van der Waals surface area (Å²) in [6.45, 7) is -1.74. The number of rotatable bonds is 4. The van der Waals surface area contributed by atoms with Gasteiger partial charge in [-0.1, -0.05) is 0 Å². The van der Waals surface area contributed by atoms with Crippen LogP contribution < -0.4 is 4.90 Å². The zero-order valence-corrected chi connectivity index (χ0v) is 11.4. The van der Waals surface area contributed by atoms with Gasteiger partial charge < -0.3 is 14.5 Å². The van der Waals surface area contributed by atoms with E-state index in [-0.39, 0.29) is 5.91 Å². The molecule has 0 bridgehead atoms. The average molecular weight is 285 g/mol. The molecule has 1 amide bonds. The second kappa shape index (κ2) is 6.13. The average Bonchev–Trinajstić information content (AvgIpc) is 2.85. The highest BCUT2D eigenvalue weighted by atomic mass is 19.3. The maximum absolute atomic E-state index is 12.1. The van der Waals surface area contributed by atoms with Crippen molar-refractivity contribution in [3.05, 3.63) is 23.9 Å². The van der Waals surface area contributed by atoms with Crippen LogP contribution in [0.4, 0.5) is 14.6 Å². The number of carbonyl (C=O) groups is 1. The summed E-state index contributed by atoms with van der Waals surface area (Å²) in [5, 5.41) is 0. The summed E-state index contributed by atoms with van der Waals surface area (Å²) in [4.78, 5) is 19.3. The fraction of sp³-hybridized carbons (Fsp3) is 0.538. The summed E-state index contributed by atoms with van der Waals surface area (Å²) in [6, 6.07) is 3.41. The predicted octanol–water partition coefficient (Wildman–Crippen LogP) is 1.60. The number of hydrogen-bond acceptors (Lipinski definition) is 4. The number of carbonyl (C=O) groups excluding carboxylic acids is 1. The summed E-state index contributed by atoms with van der Waals surface area (Å²) in [5.41, 5.74) is 0.498. The van der Waals surface area contributed by atoms with Gasteiger partial charge in [-0.25, -0.2) is 4.98 Å². The van der Waals surface area contributed by atoms with Crippen LogP contribution in [-0.4, -0.2) is 55.7 Å². The van der Waals surface area contributed by atoms with Crippen LogP contribution in [0.5, 0.6) is 0 Å². The van der Waals surface area contributed by atoms with E-state index < -0.39 is 12.7 Å². The Balaban J connectivity index is 1.99. The molecule has 1 saturated heterocycles. The molecule has 0 saturated carbocycles. The van der Waals surface area contributed by atoms with Gasteiger partial charge in [0.25, 0.3) is 5.91 Å². The minimum Gasteiger partial charge on any atom is -0.354 e. The van der Waals surface area contributed by atoms with Crippen molar-refractivity contribution in [2.24, 2.45) is 0 Å². The van der Waals surface area contributed by atoms with Crippen molar-refractivity contribution in [1.29, 1.82) is 0 Å². The van der Waals surface area contributed by atoms with Crippen LogP contribution in [0, 0.1) is 0 Å². The normalized spacial score (nSPS) is 18.6. The number of halogens is 2. The van der Waals surface area contributed by atoms with E-state index in [1.807, 2.05) is 4.90 Å². The van der Waals surface area contributed by atoms with E-state index in [1.165, 1.54) is 11.1 Å². The van der Waals surface area contributed by atoms with E-state index in [0.29, 0.717) is 30.9 Å². The lowest BCUT2D eigenvalue weighted by molar-refractivity contribution is -0.156. The number of aromatic nitrogens is 1. The molecular weight excluding hydrogens is 268 g/mol. The van der Waals surface area contributed by atoms with Gasteiger partial charge in [-0.05, 0) is 18.6 Å². The van der Waals surface area contributed by atoms with Crippen molar-refractivity contribution in [3.63, 3.8) is 0 Å². The second-order valence-corrected chi connectivity index (χ2v) is 4.86. The largest absolute Gasteiger partial charge is 0.354 e. The van der Waals surface area contributed by atoms with Crippen molar-refractivity contribution in [3.8, 4) is 0 Å². The molecule has 7 heteroatoms. The molecule has 1 aliphatic heterocycles.